The fraction of sp³-hybridized carbons (Fsp3) is 0.571. The molecule has 0 unspecified atom stereocenters. The number of hydrogen-bond acceptors (Lipinski definition) is 3. The fourth-order valence-electron chi connectivity index (χ4n) is 4.65. The van der Waals surface area contributed by atoms with Gasteiger partial charge in [0.25, 0.3) is 5.91 Å². The Bertz CT molecular complexity index is 783. The summed E-state index contributed by atoms with van der Waals surface area (Å²) in [6.45, 7) is 5.00. The predicted molar refractivity (Wildman–Crippen MR) is 101 cm³/mol. The summed E-state index contributed by atoms with van der Waals surface area (Å²) in [5, 5.41) is 2.91. The second kappa shape index (κ2) is 6.66. The average molecular weight is 369 g/mol. The quantitative estimate of drug-likeness (QED) is 0.814. The molecule has 1 N–H and O–H groups in total. The lowest BCUT2D eigenvalue weighted by Gasteiger charge is -2.35. The largest absolute Gasteiger partial charge is 0.336 e. The Labute approximate surface area is 159 Å². The van der Waals surface area contributed by atoms with Crippen LogP contribution in [0.5, 0.6) is 0 Å². The number of carbonyl (C=O) groups is 3. The zero-order chi connectivity index (χ0) is 19.2. The van der Waals surface area contributed by atoms with Gasteiger partial charge < -0.3 is 10.2 Å². The second-order valence-electron chi connectivity index (χ2n) is 8.32. The lowest BCUT2D eigenvalue weighted by Crippen LogP contribution is -2.53. The van der Waals surface area contributed by atoms with Crippen molar-refractivity contribution in [3.05, 3.63) is 35.4 Å². The van der Waals surface area contributed by atoms with Crippen LogP contribution in [-0.2, 0) is 22.6 Å². The van der Waals surface area contributed by atoms with Crippen LogP contribution in [0.4, 0.5) is 4.79 Å². The Morgan fingerprint density at radius 3 is 2.56 bits per heavy atom. The predicted octanol–water partition coefficient (Wildman–Crippen LogP) is 2.46. The minimum absolute atomic E-state index is 0.158. The number of rotatable bonds is 2. The van der Waals surface area contributed by atoms with Gasteiger partial charge in [-0.25, -0.2) is 9.69 Å². The molecular formula is C21H27N3O3. The van der Waals surface area contributed by atoms with Crippen molar-refractivity contribution in [2.24, 2.45) is 5.92 Å². The van der Waals surface area contributed by atoms with Crippen LogP contribution in [0.15, 0.2) is 24.3 Å². The van der Waals surface area contributed by atoms with Crippen molar-refractivity contribution in [1.82, 2.24) is 15.1 Å². The van der Waals surface area contributed by atoms with Crippen LogP contribution in [0.3, 0.4) is 0 Å². The van der Waals surface area contributed by atoms with Gasteiger partial charge in [0.2, 0.25) is 5.91 Å². The molecule has 4 amide bonds. The van der Waals surface area contributed by atoms with Gasteiger partial charge in [-0.1, -0.05) is 31.2 Å². The summed E-state index contributed by atoms with van der Waals surface area (Å²) >= 11 is 0. The molecule has 144 valence electrons. The average Bonchev–Trinajstić information content (AvgIpc) is 2.92. The summed E-state index contributed by atoms with van der Waals surface area (Å²) < 4.78 is 0. The van der Waals surface area contributed by atoms with Crippen molar-refractivity contribution < 1.29 is 14.4 Å². The maximum absolute atomic E-state index is 13.1. The molecule has 3 aliphatic rings. The third-order valence-corrected chi connectivity index (χ3v) is 6.51. The van der Waals surface area contributed by atoms with Gasteiger partial charge in [-0.15, -0.1) is 0 Å². The third kappa shape index (κ3) is 3.01. The zero-order valence-corrected chi connectivity index (χ0v) is 16.0. The van der Waals surface area contributed by atoms with Gasteiger partial charge in [-0.2, -0.15) is 0 Å². The number of nitrogens with one attached hydrogen (secondary N) is 1. The van der Waals surface area contributed by atoms with Gasteiger partial charge >= 0.3 is 6.03 Å². The minimum atomic E-state index is -0.799. The molecule has 1 saturated carbocycles. The Hall–Kier alpha value is -2.37. The van der Waals surface area contributed by atoms with Crippen LogP contribution in [-0.4, -0.2) is 45.8 Å². The normalized spacial score (nSPS) is 28.9. The topological polar surface area (TPSA) is 69.7 Å². The molecule has 2 fully saturated rings. The smallest absolute Gasteiger partial charge is 0.325 e. The summed E-state index contributed by atoms with van der Waals surface area (Å²) in [5.74, 6) is 0.189. The molecule has 1 aliphatic carbocycles. The molecule has 0 radical (unpaired) electrons. The van der Waals surface area contributed by atoms with Gasteiger partial charge in [-0.05, 0) is 56.1 Å². The molecule has 1 spiro atoms. The molecule has 1 aromatic carbocycles. The molecule has 0 aromatic heterocycles. The molecule has 6 nitrogen and oxygen atoms in total. The van der Waals surface area contributed by atoms with Gasteiger partial charge in [0.1, 0.15) is 11.6 Å². The van der Waals surface area contributed by atoms with Crippen LogP contribution >= 0.6 is 0 Å². The number of fused-ring (bicyclic) bond motifs is 1. The van der Waals surface area contributed by atoms with Crippen molar-refractivity contribution in [2.75, 3.05) is 6.54 Å². The molecule has 1 saturated heterocycles. The van der Waals surface area contributed by atoms with Crippen LogP contribution in [0.2, 0.25) is 0 Å². The van der Waals surface area contributed by atoms with E-state index in [1.807, 2.05) is 18.2 Å². The van der Waals surface area contributed by atoms with E-state index in [1.165, 1.54) is 10.5 Å². The van der Waals surface area contributed by atoms with E-state index < -0.39 is 17.6 Å². The standard InChI is InChI=1S/C21H27N3O3/c1-14-7-10-21(11-8-14)19(26)24(20(27)22-21)15(2)18(25)23-12-9-16-5-3-4-6-17(16)13-23/h3-6,14-15H,7-13H2,1-2H3,(H,22,27)/t14?,15-,21?/m1/s1. The molecule has 0 bridgehead atoms. The van der Waals surface area contributed by atoms with Crippen LogP contribution < -0.4 is 5.32 Å². The number of imide groups is 1. The van der Waals surface area contributed by atoms with E-state index in [1.54, 1.807) is 11.8 Å². The van der Waals surface area contributed by atoms with Crippen molar-refractivity contribution in [3.63, 3.8) is 0 Å². The number of hydrogen-bond donors (Lipinski definition) is 1. The fourth-order valence-corrected chi connectivity index (χ4v) is 4.65. The highest BCUT2D eigenvalue weighted by Crippen LogP contribution is 2.37. The van der Waals surface area contributed by atoms with Crippen LogP contribution in [0.25, 0.3) is 0 Å². The first kappa shape index (κ1) is 18.0. The molecule has 1 atom stereocenters. The first-order chi connectivity index (χ1) is 12.9. The third-order valence-electron chi connectivity index (χ3n) is 6.51. The number of benzene rings is 1. The van der Waals surface area contributed by atoms with E-state index in [2.05, 4.69) is 18.3 Å². The van der Waals surface area contributed by atoms with E-state index in [0.717, 1.165) is 24.8 Å². The van der Waals surface area contributed by atoms with E-state index >= 15 is 0 Å². The monoisotopic (exact) mass is 369 g/mol. The van der Waals surface area contributed by atoms with E-state index in [9.17, 15) is 14.4 Å². The van der Waals surface area contributed by atoms with Crippen molar-refractivity contribution in [3.8, 4) is 0 Å². The van der Waals surface area contributed by atoms with Crippen molar-refractivity contribution in [2.45, 2.75) is 64.1 Å². The van der Waals surface area contributed by atoms with E-state index in [0.29, 0.717) is 31.8 Å². The molecule has 27 heavy (non-hydrogen) atoms. The molecular weight excluding hydrogens is 342 g/mol. The van der Waals surface area contributed by atoms with Crippen LogP contribution in [0, 0.1) is 5.92 Å². The summed E-state index contributed by atoms with van der Waals surface area (Å²) in [6, 6.07) is 6.91. The summed E-state index contributed by atoms with van der Waals surface area (Å²) in [6.07, 6.45) is 3.97. The highest BCUT2D eigenvalue weighted by Gasteiger charge is 2.54. The lowest BCUT2D eigenvalue weighted by atomic mass is 9.77. The Balaban J connectivity index is 1.49. The summed E-state index contributed by atoms with van der Waals surface area (Å²) in [7, 11) is 0. The van der Waals surface area contributed by atoms with Gasteiger partial charge in [0, 0.05) is 13.1 Å². The van der Waals surface area contributed by atoms with Gasteiger partial charge in [0.05, 0.1) is 0 Å². The van der Waals surface area contributed by atoms with Gasteiger partial charge in [0.15, 0.2) is 0 Å². The lowest BCUT2D eigenvalue weighted by molar-refractivity contribution is -0.144. The first-order valence-electron chi connectivity index (χ1n) is 9.93. The van der Waals surface area contributed by atoms with Crippen molar-refractivity contribution >= 4 is 17.8 Å². The highest BCUT2D eigenvalue weighted by molar-refractivity contribution is 6.09. The van der Waals surface area contributed by atoms with E-state index in [-0.39, 0.29) is 11.8 Å². The Kier molecular flexibility index (Phi) is 4.44. The number of urea groups is 1. The molecule has 6 heteroatoms. The van der Waals surface area contributed by atoms with Crippen LogP contribution in [0.1, 0.15) is 50.7 Å². The molecule has 1 aromatic rings. The molecule has 2 heterocycles. The Morgan fingerprint density at radius 2 is 1.85 bits per heavy atom. The number of carbonyl (C=O) groups excluding carboxylic acids is 3. The minimum Gasteiger partial charge on any atom is -0.336 e. The number of nitrogens with zero attached hydrogens (tertiary/aromatic N) is 2. The Morgan fingerprint density at radius 1 is 1.19 bits per heavy atom. The maximum Gasteiger partial charge on any atom is 0.325 e. The number of amides is 4. The summed E-state index contributed by atoms with van der Waals surface area (Å²) in [5.41, 5.74) is 1.60. The SMILES string of the molecule is CC1CCC2(CC1)NC(=O)N([C@H](C)C(=O)N1CCc3ccccc3C1)C2=O. The second-order valence-corrected chi connectivity index (χ2v) is 8.32. The van der Waals surface area contributed by atoms with Gasteiger partial charge in [-0.3, -0.25) is 9.59 Å². The summed E-state index contributed by atoms with van der Waals surface area (Å²) in [4.78, 5) is 41.7. The maximum atomic E-state index is 13.1. The first-order valence-corrected chi connectivity index (χ1v) is 9.93. The zero-order valence-electron chi connectivity index (χ0n) is 16.0. The van der Waals surface area contributed by atoms with E-state index in [4.69, 9.17) is 0 Å². The molecule has 2 aliphatic heterocycles. The van der Waals surface area contributed by atoms with Crippen molar-refractivity contribution in [1.29, 1.82) is 0 Å². The molecule has 4 rings (SSSR count). The highest BCUT2D eigenvalue weighted by atomic mass is 16.2.